The van der Waals surface area contributed by atoms with Crippen molar-refractivity contribution in [2.45, 2.75) is 91.3 Å². The number of rotatable bonds is 10. The molecule has 3 aromatic rings. The summed E-state index contributed by atoms with van der Waals surface area (Å²) in [6.07, 6.45) is 4.46. The van der Waals surface area contributed by atoms with Crippen LogP contribution in [-0.4, -0.2) is 0 Å². The molecular weight excluding hydrogens is 450 g/mol. The minimum absolute atomic E-state index is 0.0139. The lowest BCUT2D eigenvalue weighted by Gasteiger charge is -2.35. The number of aryl methyl sites for hydroxylation is 2. The molecule has 0 aliphatic carbocycles. The Labute approximate surface area is 214 Å². The van der Waals surface area contributed by atoms with E-state index in [2.05, 4.69) is 65.8 Å². The van der Waals surface area contributed by atoms with Crippen LogP contribution in [0.4, 0.5) is 4.39 Å². The molecule has 1 nitrogen and oxygen atoms in total. The zero-order valence-corrected chi connectivity index (χ0v) is 23.6. The smallest absolute Gasteiger partial charge is 0.130 e. The van der Waals surface area contributed by atoms with E-state index in [0.29, 0.717) is 15.2 Å². The van der Waals surface area contributed by atoms with Crippen LogP contribution in [0, 0.1) is 19.7 Å². The highest BCUT2D eigenvalue weighted by Gasteiger charge is 2.33. The predicted octanol–water partition coefficient (Wildman–Crippen LogP) is 9.12. The second-order valence-electron chi connectivity index (χ2n) is 11.1. The number of unbranched alkanes of at least 4 members (excludes halogenated alkanes) is 2. The molecule has 3 rings (SSSR count). The fraction of sp³-hybridized carbons (Fsp3) is 0.438. The molecule has 0 aromatic heterocycles. The number of hydrogen-bond donors (Lipinski definition) is 0. The zero-order valence-electron chi connectivity index (χ0n) is 22.6. The summed E-state index contributed by atoms with van der Waals surface area (Å²) in [7, 11) is 0.321. The molecule has 0 amide bonds. The van der Waals surface area contributed by atoms with Gasteiger partial charge < -0.3 is 4.74 Å². The molecule has 0 aliphatic rings. The first-order chi connectivity index (χ1) is 16.5. The third kappa shape index (κ3) is 7.17. The fourth-order valence-corrected chi connectivity index (χ4v) is 6.12. The van der Waals surface area contributed by atoms with E-state index in [0.717, 1.165) is 47.0 Å². The van der Waals surface area contributed by atoms with Crippen molar-refractivity contribution in [1.29, 1.82) is 0 Å². The third-order valence-corrected chi connectivity index (χ3v) is 8.52. The van der Waals surface area contributed by atoms with Gasteiger partial charge in [-0.25, -0.2) is 4.39 Å². The summed E-state index contributed by atoms with van der Waals surface area (Å²) in [5.74, 6) is 0.862. The summed E-state index contributed by atoms with van der Waals surface area (Å²) >= 11 is 0. The monoisotopic (exact) mass is 492 g/mol. The Morgan fingerprint density at radius 1 is 0.886 bits per heavy atom. The Balaban J connectivity index is 2.12. The van der Waals surface area contributed by atoms with Crippen molar-refractivity contribution in [3.63, 3.8) is 0 Å². The molecule has 2 atom stereocenters. The van der Waals surface area contributed by atoms with Crippen LogP contribution in [0.5, 0.6) is 5.75 Å². The van der Waals surface area contributed by atoms with Crippen LogP contribution in [0.15, 0.2) is 60.7 Å². The van der Waals surface area contributed by atoms with Gasteiger partial charge in [0.05, 0.1) is 0 Å². The first-order valence-electron chi connectivity index (χ1n) is 12.9. The maximum absolute atomic E-state index is 15.1. The van der Waals surface area contributed by atoms with Crippen LogP contribution in [0.25, 0.3) is 0 Å². The minimum atomic E-state index is -0.219. The van der Waals surface area contributed by atoms with E-state index < -0.39 is 0 Å². The van der Waals surface area contributed by atoms with Gasteiger partial charge in [0.1, 0.15) is 18.2 Å². The van der Waals surface area contributed by atoms with Crippen molar-refractivity contribution in [3.8, 4) is 5.75 Å². The SMILES string of the molecule is CCCCCC(C)(Pc1ccc(C)cc1F)c1cc(C(C)(C)C)cc(C)c1OCc1ccccc1. The maximum atomic E-state index is 15.1. The molecule has 0 saturated carbocycles. The summed E-state index contributed by atoms with van der Waals surface area (Å²) in [6, 6.07) is 20.6. The van der Waals surface area contributed by atoms with E-state index in [9.17, 15) is 0 Å². The lowest BCUT2D eigenvalue weighted by molar-refractivity contribution is 0.296. The first-order valence-corrected chi connectivity index (χ1v) is 13.9. The molecule has 0 saturated heterocycles. The van der Waals surface area contributed by atoms with Crippen LogP contribution in [-0.2, 0) is 17.2 Å². The van der Waals surface area contributed by atoms with Gasteiger partial charge in [0, 0.05) is 16.0 Å². The van der Waals surface area contributed by atoms with Crippen molar-refractivity contribution >= 4 is 13.9 Å². The standard InChI is InChI=1S/C32H42FOP/c1-8-9-13-18-32(7,35-29-17-16-23(2)19-28(29)33)27-21-26(31(4,5)6)20-24(3)30(27)34-22-25-14-11-10-12-15-25/h10-12,14-17,19-21,35H,8-9,13,18,22H2,1-7H3. The molecule has 0 heterocycles. The van der Waals surface area contributed by atoms with E-state index >= 15 is 4.39 Å². The van der Waals surface area contributed by atoms with Crippen molar-refractivity contribution in [1.82, 2.24) is 0 Å². The molecule has 35 heavy (non-hydrogen) atoms. The van der Waals surface area contributed by atoms with Gasteiger partial charge >= 0.3 is 0 Å². The van der Waals surface area contributed by atoms with Gasteiger partial charge in [0.15, 0.2) is 0 Å². The van der Waals surface area contributed by atoms with Crippen LogP contribution < -0.4 is 10.0 Å². The molecule has 3 aromatic carbocycles. The highest BCUT2D eigenvalue weighted by molar-refractivity contribution is 7.48. The van der Waals surface area contributed by atoms with Gasteiger partial charge in [-0.15, -0.1) is 0 Å². The lowest BCUT2D eigenvalue weighted by atomic mass is 9.82. The van der Waals surface area contributed by atoms with Crippen molar-refractivity contribution in [2.75, 3.05) is 0 Å². The number of benzene rings is 3. The van der Waals surface area contributed by atoms with Gasteiger partial charge in [0.2, 0.25) is 0 Å². The highest BCUT2D eigenvalue weighted by atomic mass is 31.1. The summed E-state index contributed by atoms with van der Waals surface area (Å²) in [5.41, 5.74) is 5.79. The van der Waals surface area contributed by atoms with Crippen molar-refractivity contribution in [3.05, 3.63) is 94.3 Å². The molecule has 3 heteroatoms. The van der Waals surface area contributed by atoms with Gasteiger partial charge in [-0.2, -0.15) is 0 Å². The van der Waals surface area contributed by atoms with Gasteiger partial charge in [-0.1, -0.05) is 117 Å². The van der Waals surface area contributed by atoms with Crippen molar-refractivity contribution in [2.24, 2.45) is 0 Å². The second-order valence-corrected chi connectivity index (χ2v) is 13.0. The molecule has 0 N–H and O–H groups in total. The molecule has 0 fully saturated rings. The summed E-state index contributed by atoms with van der Waals surface area (Å²) in [5, 5.41) is 0.589. The van der Waals surface area contributed by atoms with Crippen LogP contribution in [0.1, 0.15) is 88.1 Å². The Morgan fingerprint density at radius 2 is 1.60 bits per heavy atom. The normalized spacial score (nSPS) is 13.8. The van der Waals surface area contributed by atoms with E-state index in [-0.39, 0.29) is 16.4 Å². The Hall–Kier alpha value is -2.18. The third-order valence-electron chi connectivity index (χ3n) is 6.78. The summed E-state index contributed by atoms with van der Waals surface area (Å²) < 4.78 is 21.7. The Bertz CT molecular complexity index is 1120. The Kier molecular flexibility index (Phi) is 9.16. The number of hydrogen-bond acceptors (Lipinski definition) is 1. The average molecular weight is 493 g/mol. The van der Waals surface area contributed by atoms with E-state index in [1.807, 2.05) is 37.3 Å². The van der Waals surface area contributed by atoms with E-state index in [4.69, 9.17) is 4.74 Å². The van der Waals surface area contributed by atoms with Gasteiger partial charge in [0.25, 0.3) is 0 Å². The molecule has 188 valence electrons. The molecular formula is C32H42FOP. The van der Waals surface area contributed by atoms with E-state index in [1.165, 1.54) is 17.5 Å². The molecule has 0 spiro atoms. The molecule has 2 unspecified atom stereocenters. The first kappa shape index (κ1) is 27.4. The quantitative estimate of drug-likeness (QED) is 0.202. The van der Waals surface area contributed by atoms with Crippen LogP contribution in [0.2, 0.25) is 0 Å². The predicted molar refractivity (Wildman–Crippen MR) is 151 cm³/mol. The van der Waals surface area contributed by atoms with Crippen LogP contribution >= 0.6 is 8.58 Å². The molecule has 0 aliphatic heterocycles. The maximum Gasteiger partial charge on any atom is 0.130 e. The highest BCUT2D eigenvalue weighted by Crippen LogP contribution is 2.50. The molecule has 0 radical (unpaired) electrons. The van der Waals surface area contributed by atoms with Gasteiger partial charge in [-0.3, -0.25) is 0 Å². The Morgan fingerprint density at radius 3 is 2.23 bits per heavy atom. The van der Waals surface area contributed by atoms with Crippen LogP contribution in [0.3, 0.4) is 0 Å². The molecule has 0 bridgehead atoms. The number of halogens is 1. The topological polar surface area (TPSA) is 9.23 Å². The minimum Gasteiger partial charge on any atom is -0.488 e. The second kappa shape index (κ2) is 11.7. The zero-order chi connectivity index (χ0) is 25.6. The van der Waals surface area contributed by atoms with Gasteiger partial charge in [-0.05, 0) is 54.0 Å². The van der Waals surface area contributed by atoms with Crippen molar-refractivity contribution < 1.29 is 9.13 Å². The fourth-order valence-electron chi connectivity index (χ4n) is 4.55. The number of ether oxygens (including phenoxy) is 1. The largest absolute Gasteiger partial charge is 0.488 e. The summed E-state index contributed by atoms with van der Waals surface area (Å²) in [4.78, 5) is 0. The average Bonchev–Trinajstić information content (AvgIpc) is 2.80. The summed E-state index contributed by atoms with van der Waals surface area (Å²) in [6.45, 7) is 15.9. The van der Waals surface area contributed by atoms with E-state index in [1.54, 1.807) is 6.07 Å². The lowest BCUT2D eigenvalue weighted by Crippen LogP contribution is -2.24.